The molecule has 0 fully saturated rings. The number of imide groups is 1. The van der Waals surface area contributed by atoms with E-state index in [1.165, 1.54) is 25.3 Å². The van der Waals surface area contributed by atoms with Crippen molar-refractivity contribution in [1.29, 1.82) is 0 Å². The van der Waals surface area contributed by atoms with Crippen molar-refractivity contribution in [2.75, 3.05) is 17.8 Å². The molecule has 5 aromatic rings. The van der Waals surface area contributed by atoms with Crippen molar-refractivity contribution >= 4 is 44.4 Å². The minimum Gasteiger partial charge on any atom is -0.495 e. The van der Waals surface area contributed by atoms with Crippen LogP contribution >= 0.6 is 0 Å². The van der Waals surface area contributed by atoms with E-state index in [1.807, 2.05) is 12.1 Å². The van der Waals surface area contributed by atoms with Crippen LogP contribution in [0, 0.1) is 0 Å². The number of hydrogen-bond acceptors (Lipinski definition) is 8. The first-order valence-corrected chi connectivity index (χ1v) is 14.4. The number of anilines is 1. The van der Waals surface area contributed by atoms with Crippen LogP contribution < -0.4 is 9.64 Å². The van der Waals surface area contributed by atoms with Gasteiger partial charge in [0.2, 0.25) is 5.89 Å². The van der Waals surface area contributed by atoms with Crippen molar-refractivity contribution in [1.82, 2.24) is 4.98 Å². The molecule has 6 rings (SSSR count). The maximum absolute atomic E-state index is 13.3. The molecule has 0 saturated heterocycles. The molecule has 0 aliphatic carbocycles. The molecular weight excluding hydrogens is 560 g/mol. The van der Waals surface area contributed by atoms with Gasteiger partial charge >= 0.3 is 5.97 Å². The molecule has 210 valence electrons. The molecule has 0 radical (unpaired) electrons. The number of benzene rings is 4. The summed E-state index contributed by atoms with van der Waals surface area (Å²) >= 11 is 0. The lowest BCUT2D eigenvalue weighted by Gasteiger charge is -2.18. The third kappa shape index (κ3) is 4.40. The largest absolute Gasteiger partial charge is 0.495 e. The predicted molar refractivity (Wildman–Crippen MR) is 154 cm³/mol. The smallest absolute Gasteiger partial charge is 0.335 e. The van der Waals surface area contributed by atoms with Gasteiger partial charge in [-0.05, 0) is 71.8 Å². The Bertz CT molecular complexity index is 2050. The van der Waals surface area contributed by atoms with Crippen molar-refractivity contribution in [3.8, 4) is 28.3 Å². The minimum atomic E-state index is -3.31. The molecule has 0 atom stereocenters. The van der Waals surface area contributed by atoms with Gasteiger partial charge < -0.3 is 14.3 Å². The van der Waals surface area contributed by atoms with Crippen molar-refractivity contribution < 1.29 is 37.1 Å². The number of hydrogen-bond donors (Lipinski definition) is 1. The first kappa shape index (κ1) is 26.9. The van der Waals surface area contributed by atoms with Gasteiger partial charge in [-0.25, -0.2) is 23.1 Å². The van der Waals surface area contributed by atoms with Crippen LogP contribution in [0.15, 0.2) is 88.2 Å². The number of carbonyl (C=O) groups excluding carboxylic acids is 2. The average molecular weight is 583 g/mol. The quantitative estimate of drug-likeness (QED) is 0.247. The number of carbonyl (C=O) groups is 3. The van der Waals surface area contributed by atoms with E-state index < -0.39 is 27.6 Å². The predicted octanol–water partition coefficient (Wildman–Crippen LogP) is 5.46. The van der Waals surface area contributed by atoms with Crippen molar-refractivity contribution in [3.05, 3.63) is 95.6 Å². The highest BCUT2D eigenvalue weighted by molar-refractivity contribution is 7.91. The van der Waals surface area contributed by atoms with E-state index in [-0.39, 0.29) is 44.7 Å². The van der Waals surface area contributed by atoms with Gasteiger partial charge in [-0.15, -0.1) is 0 Å². The van der Waals surface area contributed by atoms with Gasteiger partial charge in [0.1, 0.15) is 11.3 Å². The van der Waals surface area contributed by atoms with E-state index >= 15 is 0 Å². The van der Waals surface area contributed by atoms with Gasteiger partial charge in [0, 0.05) is 5.56 Å². The van der Waals surface area contributed by atoms with E-state index in [1.54, 1.807) is 55.5 Å². The molecule has 1 aliphatic rings. The van der Waals surface area contributed by atoms with Gasteiger partial charge in [-0.1, -0.05) is 25.1 Å². The van der Waals surface area contributed by atoms with Gasteiger partial charge in [0.05, 0.1) is 40.1 Å². The number of aromatic nitrogens is 1. The summed E-state index contributed by atoms with van der Waals surface area (Å²) < 4.78 is 35.7. The standard InChI is InChI=1S/C31H22N2O8S/c1-3-42(38,39)21-9-4-17(5-10-21)18-7-12-26-24(15-18)32-28(41-26)19-8-13-27(40-2)25(16-19)33-29(34)22-11-6-20(31(36)37)14-23(22)30(33)35/h4-16H,3H2,1-2H3,(H,36,37). The van der Waals surface area contributed by atoms with Gasteiger partial charge in [-0.2, -0.15) is 0 Å². The third-order valence-electron chi connectivity index (χ3n) is 7.11. The molecule has 1 aromatic heterocycles. The molecule has 1 N–H and O–H groups in total. The molecule has 2 heterocycles. The summed E-state index contributed by atoms with van der Waals surface area (Å²) in [5.74, 6) is -1.99. The highest BCUT2D eigenvalue weighted by Crippen LogP contribution is 2.39. The third-order valence-corrected chi connectivity index (χ3v) is 8.87. The summed E-state index contributed by atoms with van der Waals surface area (Å²) in [6.45, 7) is 1.60. The molecule has 1 aliphatic heterocycles. The lowest BCUT2D eigenvalue weighted by molar-refractivity contribution is 0.0696. The number of methoxy groups -OCH3 is 1. The van der Waals surface area contributed by atoms with Crippen LogP contribution in [-0.4, -0.2) is 49.2 Å². The Hall–Kier alpha value is -5.29. The maximum atomic E-state index is 13.3. The van der Waals surface area contributed by atoms with Crippen LogP contribution in [-0.2, 0) is 9.84 Å². The monoisotopic (exact) mass is 582 g/mol. The summed E-state index contributed by atoms with van der Waals surface area (Å²) in [5.41, 5.74) is 3.26. The Morgan fingerprint density at radius 2 is 1.57 bits per heavy atom. The number of carboxylic acid groups (broad SMARTS) is 1. The van der Waals surface area contributed by atoms with E-state index in [0.717, 1.165) is 16.0 Å². The maximum Gasteiger partial charge on any atom is 0.335 e. The molecular formula is C31H22N2O8S. The van der Waals surface area contributed by atoms with E-state index in [2.05, 4.69) is 4.98 Å². The molecule has 0 bridgehead atoms. The number of carboxylic acids is 1. The van der Waals surface area contributed by atoms with Crippen LogP contribution in [0.2, 0.25) is 0 Å². The summed E-state index contributed by atoms with van der Waals surface area (Å²) in [6, 6.07) is 20.6. The molecule has 2 amide bonds. The number of oxazole rings is 1. The molecule has 11 heteroatoms. The van der Waals surface area contributed by atoms with E-state index in [0.29, 0.717) is 16.7 Å². The second kappa shape index (κ2) is 9.96. The number of nitrogens with zero attached hydrogens (tertiary/aromatic N) is 2. The molecule has 0 saturated carbocycles. The number of amides is 2. The zero-order chi connectivity index (χ0) is 29.8. The summed E-state index contributed by atoms with van der Waals surface area (Å²) in [7, 11) is -1.90. The number of ether oxygens (including phenoxy) is 1. The second-order valence-electron chi connectivity index (χ2n) is 9.53. The van der Waals surface area contributed by atoms with Crippen LogP contribution in [0.5, 0.6) is 5.75 Å². The summed E-state index contributed by atoms with van der Waals surface area (Å²) in [4.78, 5) is 43.8. The van der Waals surface area contributed by atoms with Crippen LogP contribution in [0.4, 0.5) is 5.69 Å². The lowest BCUT2D eigenvalue weighted by atomic mass is 10.1. The number of fused-ring (bicyclic) bond motifs is 2. The highest BCUT2D eigenvalue weighted by Gasteiger charge is 2.39. The van der Waals surface area contributed by atoms with Crippen molar-refractivity contribution in [3.63, 3.8) is 0 Å². The number of aromatic carboxylic acids is 1. The van der Waals surface area contributed by atoms with E-state index in [4.69, 9.17) is 9.15 Å². The Kier molecular flexibility index (Phi) is 6.38. The Labute approximate surface area is 239 Å². The summed E-state index contributed by atoms with van der Waals surface area (Å²) in [6.07, 6.45) is 0. The lowest BCUT2D eigenvalue weighted by Crippen LogP contribution is -2.29. The normalized spacial score (nSPS) is 13.0. The van der Waals surface area contributed by atoms with Crippen LogP contribution in [0.1, 0.15) is 38.0 Å². The van der Waals surface area contributed by atoms with Crippen molar-refractivity contribution in [2.45, 2.75) is 11.8 Å². The fourth-order valence-electron chi connectivity index (χ4n) is 4.84. The fraction of sp³-hybridized carbons (Fsp3) is 0.0968. The zero-order valence-corrected chi connectivity index (χ0v) is 23.1. The highest BCUT2D eigenvalue weighted by atomic mass is 32.2. The average Bonchev–Trinajstić information content (AvgIpc) is 3.54. The van der Waals surface area contributed by atoms with Gasteiger partial charge in [0.15, 0.2) is 15.4 Å². The summed E-state index contributed by atoms with van der Waals surface area (Å²) in [5, 5.41) is 9.32. The zero-order valence-electron chi connectivity index (χ0n) is 22.3. The SMILES string of the molecule is CCS(=O)(=O)c1ccc(-c2ccc3oc(-c4ccc(OC)c(N5C(=O)c6ccc(C(=O)O)cc6C5=O)c4)nc3c2)cc1. The Morgan fingerprint density at radius 3 is 2.26 bits per heavy atom. The topological polar surface area (TPSA) is 144 Å². The van der Waals surface area contributed by atoms with Crippen LogP contribution in [0.25, 0.3) is 33.7 Å². The molecule has 10 nitrogen and oxygen atoms in total. The number of sulfone groups is 1. The Morgan fingerprint density at radius 1 is 0.881 bits per heavy atom. The van der Waals surface area contributed by atoms with Crippen LogP contribution in [0.3, 0.4) is 0 Å². The molecule has 0 unspecified atom stereocenters. The van der Waals surface area contributed by atoms with Crippen molar-refractivity contribution in [2.24, 2.45) is 0 Å². The first-order valence-electron chi connectivity index (χ1n) is 12.8. The minimum absolute atomic E-state index is 0.0120. The van der Waals surface area contributed by atoms with E-state index in [9.17, 15) is 27.9 Å². The molecule has 0 spiro atoms. The fourth-order valence-corrected chi connectivity index (χ4v) is 5.73. The first-order chi connectivity index (χ1) is 20.1. The molecule has 42 heavy (non-hydrogen) atoms. The number of rotatable bonds is 7. The van der Waals surface area contributed by atoms with Gasteiger partial charge in [0.25, 0.3) is 11.8 Å². The second-order valence-corrected chi connectivity index (χ2v) is 11.8. The molecule has 4 aromatic carbocycles. The Balaban J connectivity index is 1.36. The van der Waals surface area contributed by atoms with Gasteiger partial charge in [-0.3, -0.25) is 9.59 Å².